The van der Waals surface area contributed by atoms with E-state index in [4.69, 9.17) is 0 Å². The maximum Gasteiger partial charge on any atom is 0.243 e. The average Bonchev–Trinajstić information content (AvgIpc) is 2.53. The molecular formula is C16H26N2O2S. The van der Waals surface area contributed by atoms with E-state index < -0.39 is 10.0 Å². The highest BCUT2D eigenvalue weighted by Gasteiger charge is 2.28. The summed E-state index contributed by atoms with van der Waals surface area (Å²) in [6.45, 7) is 4.37. The van der Waals surface area contributed by atoms with Crippen molar-refractivity contribution in [3.8, 4) is 0 Å². The maximum absolute atomic E-state index is 12.6. The first-order chi connectivity index (χ1) is 10.1. The van der Waals surface area contributed by atoms with Crippen molar-refractivity contribution in [3.05, 3.63) is 29.8 Å². The van der Waals surface area contributed by atoms with E-state index in [1.165, 1.54) is 5.56 Å². The molecular weight excluding hydrogens is 284 g/mol. The second-order valence-electron chi connectivity index (χ2n) is 5.74. The first kappa shape index (κ1) is 16.5. The summed E-state index contributed by atoms with van der Waals surface area (Å²) in [6, 6.07) is 7.29. The number of aryl methyl sites for hydroxylation is 1. The average molecular weight is 310 g/mol. The van der Waals surface area contributed by atoms with Crippen LogP contribution in [0.3, 0.4) is 0 Å². The van der Waals surface area contributed by atoms with Crippen molar-refractivity contribution in [1.29, 1.82) is 0 Å². The minimum absolute atomic E-state index is 0.424. The highest BCUT2D eigenvalue weighted by atomic mass is 32.2. The molecule has 1 aliphatic rings. The fourth-order valence-corrected chi connectivity index (χ4v) is 4.30. The van der Waals surface area contributed by atoms with Crippen molar-refractivity contribution in [2.24, 2.45) is 5.92 Å². The monoisotopic (exact) mass is 310 g/mol. The number of rotatable bonds is 6. The Morgan fingerprint density at radius 2 is 1.81 bits per heavy atom. The van der Waals surface area contributed by atoms with E-state index in [1.807, 2.05) is 19.2 Å². The summed E-state index contributed by atoms with van der Waals surface area (Å²) in [4.78, 5) is 0.424. The molecule has 5 heteroatoms. The molecule has 1 aromatic carbocycles. The molecule has 1 N–H and O–H groups in total. The molecule has 1 aromatic rings. The predicted octanol–water partition coefficient (Wildman–Crippen LogP) is 2.26. The highest BCUT2D eigenvalue weighted by Crippen LogP contribution is 2.25. The number of piperidine rings is 1. The van der Waals surface area contributed by atoms with Crippen molar-refractivity contribution in [2.45, 2.75) is 37.5 Å². The van der Waals surface area contributed by atoms with Gasteiger partial charge in [0.25, 0.3) is 0 Å². The van der Waals surface area contributed by atoms with Crippen LogP contribution in [-0.2, 0) is 16.4 Å². The first-order valence-corrected chi connectivity index (χ1v) is 9.25. The Morgan fingerprint density at radius 1 is 1.19 bits per heavy atom. The molecule has 2 rings (SSSR count). The number of benzene rings is 1. The van der Waals surface area contributed by atoms with Crippen molar-refractivity contribution in [2.75, 3.05) is 26.7 Å². The second-order valence-corrected chi connectivity index (χ2v) is 7.68. The summed E-state index contributed by atoms with van der Waals surface area (Å²) in [5.41, 5.74) is 1.17. The molecule has 0 radical (unpaired) electrons. The van der Waals surface area contributed by atoms with Gasteiger partial charge in [-0.15, -0.1) is 0 Å². The summed E-state index contributed by atoms with van der Waals surface area (Å²) in [6.07, 6.45) is 3.99. The van der Waals surface area contributed by atoms with Gasteiger partial charge in [-0.2, -0.15) is 4.31 Å². The quantitative estimate of drug-likeness (QED) is 0.877. The van der Waals surface area contributed by atoms with E-state index in [9.17, 15) is 8.42 Å². The number of hydrogen-bond donors (Lipinski definition) is 1. The first-order valence-electron chi connectivity index (χ1n) is 7.81. The molecule has 0 aromatic heterocycles. The van der Waals surface area contributed by atoms with Crippen LogP contribution in [0.2, 0.25) is 0 Å². The van der Waals surface area contributed by atoms with Crippen LogP contribution >= 0.6 is 0 Å². The Balaban J connectivity index is 2.00. The van der Waals surface area contributed by atoms with Gasteiger partial charge in [-0.3, -0.25) is 0 Å². The van der Waals surface area contributed by atoms with Gasteiger partial charge in [0, 0.05) is 13.1 Å². The van der Waals surface area contributed by atoms with E-state index >= 15 is 0 Å². The number of nitrogens with zero attached hydrogens (tertiary/aromatic N) is 1. The zero-order chi connectivity index (χ0) is 15.3. The van der Waals surface area contributed by atoms with E-state index in [2.05, 4.69) is 12.2 Å². The van der Waals surface area contributed by atoms with Crippen LogP contribution in [0.25, 0.3) is 0 Å². The van der Waals surface area contributed by atoms with Crippen molar-refractivity contribution in [3.63, 3.8) is 0 Å². The van der Waals surface area contributed by atoms with Crippen LogP contribution < -0.4 is 5.32 Å². The lowest BCUT2D eigenvalue weighted by Crippen LogP contribution is -2.38. The lowest BCUT2D eigenvalue weighted by Gasteiger charge is -2.31. The van der Waals surface area contributed by atoms with Crippen LogP contribution in [0, 0.1) is 5.92 Å². The molecule has 118 valence electrons. The summed E-state index contributed by atoms with van der Waals surface area (Å²) in [5.74, 6) is 0.645. The fourth-order valence-electron chi connectivity index (χ4n) is 2.83. The molecule has 1 aliphatic heterocycles. The van der Waals surface area contributed by atoms with Gasteiger partial charge in [-0.25, -0.2) is 8.42 Å². The van der Waals surface area contributed by atoms with Crippen molar-refractivity contribution >= 4 is 10.0 Å². The standard InChI is InChI=1S/C16H26N2O2S/c1-3-14-4-6-16(7-5-14)21(19,20)18-12-9-15(10-13-18)8-11-17-2/h4-7,15,17H,3,8-13H2,1-2H3. The largest absolute Gasteiger partial charge is 0.320 e. The molecule has 0 bridgehead atoms. The molecule has 4 nitrogen and oxygen atoms in total. The SMILES string of the molecule is CCc1ccc(S(=O)(=O)N2CCC(CCNC)CC2)cc1. The van der Waals surface area contributed by atoms with Crippen LogP contribution in [0.1, 0.15) is 31.7 Å². The lowest BCUT2D eigenvalue weighted by molar-refractivity contribution is 0.263. The molecule has 0 aliphatic carbocycles. The zero-order valence-electron chi connectivity index (χ0n) is 13.0. The number of nitrogens with one attached hydrogen (secondary N) is 1. The third-order valence-corrected chi connectivity index (χ3v) is 6.26. The molecule has 1 heterocycles. The molecule has 0 atom stereocenters. The van der Waals surface area contributed by atoms with Crippen LogP contribution in [0.4, 0.5) is 0 Å². The maximum atomic E-state index is 12.6. The Hall–Kier alpha value is -0.910. The Kier molecular flexibility index (Phi) is 5.79. The van der Waals surface area contributed by atoms with Gasteiger partial charge in [0.1, 0.15) is 0 Å². The molecule has 1 saturated heterocycles. The van der Waals surface area contributed by atoms with Gasteiger partial charge in [0.15, 0.2) is 0 Å². The van der Waals surface area contributed by atoms with E-state index in [0.29, 0.717) is 23.9 Å². The molecule has 0 spiro atoms. The molecule has 0 amide bonds. The van der Waals surface area contributed by atoms with Crippen molar-refractivity contribution < 1.29 is 8.42 Å². The van der Waals surface area contributed by atoms with Crippen LogP contribution in [0.5, 0.6) is 0 Å². The Morgan fingerprint density at radius 3 is 2.33 bits per heavy atom. The van der Waals surface area contributed by atoms with Gasteiger partial charge in [-0.1, -0.05) is 19.1 Å². The highest BCUT2D eigenvalue weighted by molar-refractivity contribution is 7.89. The van der Waals surface area contributed by atoms with Crippen LogP contribution in [0.15, 0.2) is 29.2 Å². The smallest absolute Gasteiger partial charge is 0.243 e. The topological polar surface area (TPSA) is 49.4 Å². The predicted molar refractivity (Wildman–Crippen MR) is 85.8 cm³/mol. The minimum atomic E-state index is -3.31. The lowest BCUT2D eigenvalue weighted by atomic mass is 9.95. The van der Waals surface area contributed by atoms with Gasteiger partial charge < -0.3 is 5.32 Å². The van der Waals surface area contributed by atoms with E-state index in [0.717, 1.165) is 32.2 Å². The normalized spacial score (nSPS) is 18.0. The minimum Gasteiger partial charge on any atom is -0.320 e. The third-order valence-electron chi connectivity index (χ3n) is 4.35. The molecule has 0 saturated carbocycles. The molecule has 0 unspecified atom stereocenters. The Labute approximate surface area is 128 Å². The van der Waals surface area contributed by atoms with E-state index in [-0.39, 0.29) is 0 Å². The summed E-state index contributed by atoms with van der Waals surface area (Å²) < 4.78 is 26.9. The Bertz CT molecular complexity index is 532. The molecule has 1 fully saturated rings. The van der Waals surface area contributed by atoms with Crippen LogP contribution in [-0.4, -0.2) is 39.4 Å². The van der Waals surface area contributed by atoms with Crippen molar-refractivity contribution in [1.82, 2.24) is 9.62 Å². The third kappa shape index (κ3) is 4.05. The van der Waals surface area contributed by atoms with Gasteiger partial charge in [-0.05, 0) is 62.9 Å². The fraction of sp³-hybridized carbons (Fsp3) is 0.625. The second kappa shape index (κ2) is 7.38. The number of sulfonamides is 1. The van der Waals surface area contributed by atoms with E-state index in [1.54, 1.807) is 16.4 Å². The van der Waals surface area contributed by atoms with Gasteiger partial charge in [0.2, 0.25) is 10.0 Å². The zero-order valence-corrected chi connectivity index (χ0v) is 13.8. The summed E-state index contributed by atoms with van der Waals surface area (Å²) in [7, 11) is -1.36. The summed E-state index contributed by atoms with van der Waals surface area (Å²) in [5, 5.41) is 3.16. The summed E-state index contributed by atoms with van der Waals surface area (Å²) >= 11 is 0. The van der Waals surface area contributed by atoms with Gasteiger partial charge >= 0.3 is 0 Å². The molecule has 21 heavy (non-hydrogen) atoms. The van der Waals surface area contributed by atoms with Gasteiger partial charge in [0.05, 0.1) is 4.90 Å². The number of hydrogen-bond acceptors (Lipinski definition) is 3.